The number of amides is 3. The summed E-state index contributed by atoms with van der Waals surface area (Å²) in [7, 11) is 1.81. The highest BCUT2D eigenvalue weighted by Gasteiger charge is 2.38. The van der Waals surface area contributed by atoms with E-state index in [1.165, 1.54) is 0 Å². The van der Waals surface area contributed by atoms with Crippen LogP contribution in [0.2, 0.25) is 0 Å². The van der Waals surface area contributed by atoms with Crippen molar-refractivity contribution in [1.82, 2.24) is 10.2 Å². The van der Waals surface area contributed by atoms with Crippen LogP contribution >= 0.6 is 0 Å². The van der Waals surface area contributed by atoms with Gasteiger partial charge in [-0.05, 0) is 59.1 Å². The van der Waals surface area contributed by atoms with Gasteiger partial charge < -0.3 is 24.2 Å². The van der Waals surface area contributed by atoms with Crippen LogP contribution in [0.1, 0.15) is 53.4 Å². The minimum Gasteiger partial charge on any atom is -0.485 e. The molecule has 186 valence electrons. The molecule has 0 bridgehead atoms. The van der Waals surface area contributed by atoms with Crippen molar-refractivity contribution in [2.75, 3.05) is 36.5 Å². The molecule has 0 spiro atoms. The second kappa shape index (κ2) is 9.35. The van der Waals surface area contributed by atoms with Crippen molar-refractivity contribution >= 4 is 29.3 Å². The number of nitrogens with one attached hydrogen (secondary N) is 1. The Morgan fingerprint density at radius 2 is 1.82 bits per heavy atom. The summed E-state index contributed by atoms with van der Waals surface area (Å²) in [6, 6.07) is 5.76. The molecule has 4 rings (SSSR count). The molecule has 2 saturated heterocycles. The Hall–Kier alpha value is -2.97. The van der Waals surface area contributed by atoms with Gasteiger partial charge in [-0.2, -0.15) is 0 Å². The van der Waals surface area contributed by atoms with Gasteiger partial charge in [0, 0.05) is 32.6 Å². The molecule has 9 nitrogen and oxygen atoms in total. The zero-order valence-electron chi connectivity index (χ0n) is 20.8. The number of piperidine rings is 2. The summed E-state index contributed by atoms with van der Waals surface area (Å²) in [6.07, 6.45) is 2.12. The lowest BCUT2D eigenvalue weighted by Gasteiger charge is -2.43. The first-order valence-electron chi connectivity index (χ1n) is 12.1. The molecule has 0 radical (unpaired) electrons. The quantitative estimate of drug-likeness (QED) is 0.677. The number of imide groups is 1. The highest BCUT2D eigenvalue weighted by atomic mass is 16.6. The van der Waals surface area contributed by atoms with E-state index in [4.69, 9.17) is 9.47 Å². The van der Waals surface area contributed by atoms with E-state index in [1.807, 2.05) is 39.8 Å². The largest absolute Gasteiger partial charge is 0.485 e. The van der Waals surface area contributed by atoms with Crippen LogP contribution in [0.25, 0.3) is 0 Å². The summed E-state index contributed by atoms with van der Waals surface area (Å²) in [5, 5.41) is 2.48. The zero-order chi connectivity index (χ0) is 24.6. The molecule has 9 heteroatoms. The molecule has 0 saturated carbocycles. The van der Waals surface area contributed by atoms with Crippen molar-refractivity contribution in [3.63, 3.8) is 0 Å². The van der Waals surface area contributed by atoms with Gasteiger partial charge in [-0.25, -0.2) is 4.79 Å². The number of hydrogen-bond donors (Lipinski definition) is 1. The van der Waals surface area contributed by atoms with E-state index < -0.39 is 5.60 Å². The molecule has 3 aliphatic heterocycles. The minimum absolute atomic E-state index is 0.0880. The normalized spacial score (nSPS) is 23.7. The summed E-state index contributed by atoms with van der Waals surface area (Å²) in [5.74, 6) is 0.327. The Kier molecular flexibility index (Phi) is 6.64. The average Bonchev–Trinajstić information content (AvgIpc) is 2.77. The number of carbonyl (C=O) groups excluding carboxylic acids is 3. The fraction of sp³-hybridized carbons (Fsp3) is 0.640. The van der Waals surface area contributed by atoms with E-state index in [0.29, 0.717) is 19.4 Å². The zero-order valence-corrected chi connectivity index (χ0v) is 20.8. The van der Waals surface area contributed by atoms with Crippen molar-refractivity contribution in [3.8, 4) is 5.75 Å². The number of hydrogen-bond acceptors (Lipinski definition) is 7. The molecule has 2 fully saturated rings. The summed E-state index contributed by atoms with van der Waals surface area (Å²) in [6.45, 7) is 9.78. The highest BCUT2D eigenvalue weighted by Crippen LogP contribution is 2.44. The molecule has 2 atom stereocenters. The van der Waals surface area contributed by atoms with Gasteiger partial charge in [-0.3, -0.25) is 14.9 Å². The fourth-order valence-corrected chi connectivity index (χ4v) is 4.97. The molecule has 34 heavy (non-hydrogen) atoms. The summed E-state index contributed by atoms with van der Waals surface area (Å²) in [4.78, 5) is 42.8. The number of benzene rings is 1. The topological polar surface area (TPSA) is 91.4 Å². The average molecular weight is 473 g/mol. The smallest absolute Gasteiger partial charge is 0.410 e. The van der Waals surface area contributed by atoms with Gasteiger partial charge in [0.25, 0.3) is 0 Å². The Bertz CT molecular complexity index is 951. The monoisotopic (exact) mass is 472 g/mol. The molecule has 1 N–H and O–H groups in total. The third-order valence-electron chi connectivity index (χ3n) is 6.68. The lowest BCUT2D eigenvalue weighted by molar-refractivity contribution is -0.134. The van der Waals surface area contributed by atoms with Crippen LogP contribution < -0.4 is 19.9 Å². The van der Waals surface area contributed by atoms with Crippen LogP contribution in [0.3, 0.4) is 0 Å². The number of fused-ring (bicyclic) bond motifs is 1. The number of anilines is 2. The molecule has 0 aromatic heterocycles. The summed E-state index contributed by atoms with van der Waals surface area (Å²) >= 11 is 0. The molecular weight excluding hydrogens is 436 g/mol. The number of ether oxygens (including phenoxy) is 2. The first-order valence-corrected chi connectivity index (χ1v) is 12.1. The van der Waals surface area contributed by atoms with Gasteiger partial charge in [-0.1, -0.05) is 6.07 Å². The first-order chi connectivity index (χ1) is 16.0. The molecule has 3 heterocycles. The van der Waals surface area contributed by atoms with Gasteiger partial charge in [0.15, 0.2) is 5.75 Å². The molecule has 3 amide bonds. The first kappa shape index (κ1) is 24.2. The maximum Gasteiger partial charge on any atom is 0.410 e. The maximum absolute atomic E-state index is 12.6. The molecular formula is C25H36N4O5. The van der Waals surface area contributed by atoms with Crippen molar-refractivity contribution in [2.24, 2.45) is 0 Å². The summed E-state index contributed by atoms with van der Waals surface area (Å²) < 4.78 is 11.8. The van der Waals surface area contributed by atoms with Crippen LogP contribution in [-0.2, 0) is 14.3 Å². The van der Waals surface area contributed by atoms with Crippen LogP contribution in [0.15, 0.2) is 18.2 Å². The Morgan fingerprint density at radius 1 is 1.15 bits per heavy atom. The molecule has 1 unspecified atom stereocenters. The van der Waals surface area contributed by atoms with Crippen LogP contribution in [0.5, 0.6) is 5.75 Å². The Labute approximate surface area is 201 Å². The van der Waals surface area contributed by atoms with Crippen molar-refractivity contribution < 1.29 is 23.9 Å². The van der Waals surface area contributed by atoms with Gasteiger partial charge in [0.05, 0.1) is 17.9 Å². The van der Waals surface area contributed by atoms with Gasteiger partial charge >= 0.3 is 6.09 Å². The van der Waals surface area contributed by atoms with Gasteiger partial charge in [0.1, 0.15) is 17.7 Å². The van der Waals surface area contributed by atoms with Crippen molar-refractivity contribution in [1.29, 1.82) is 0 Å². The van der Waals surface area contributed by atoms with Gasteiger partial charge in [-0.15, -0.1) is 0 Å². The van der Waals surface area contributed by atoms with E-state index in [0.717, 1.165) is 43.1 Å². The SMILES string of the molecule is C[C@H]1CN(C2CCC(=O)NC2=O)c2cccc(N3CCC(N(C)C(=O)OC(C)(C)C)CC3)c2O1. The predicted octanol–water partition coefficient (Wildman–Crippen LogP) is 2.91. The predicted molar refractivity (Wildman–Crippen MR) is 129 cm³/mol. The third-order valence-corrected chi connectivity index (χ3v) is 6.68. The fourth-order valence-electron chi connectivity index (χ4n) is 4.97. The van der Waals surface area contributed by atoms with Crippen molar-refractivity contribution in [3.05, 3.63) is 18.2 Å². The molecule has 3 aliphatic rings. The van der Waals surface area contributed by atoms with E-state index in [9.17, 15) is 14.4 Å². The highest BCUT2D eigenvalue weighted by molar-refractivity contribution is 6.02. The van der Waals surface area contributed by atoms with E-state index >= 15 is 0 Å². The number of para-hydroxylation sites is 1. The van der Waals surface area contributed by atoms with Crippen LogP contribution in [0, 0.1) is 0 Å². The standard InChI is InChI=1S/C25H36N4O5/c1-16-15-29(20-9-10-21(30)26-23(20)31)19-8-6-7-18(22(19)33-16)28-13-11-17(12-14-28)27(5)24(32)34-25(2,3)4/h6-8,16-17,20H,9-15H2,1-5H3,(H,26,30,31)/t16-,20?/m0/s1. The number of carbonyl (C=O) groups is 3. The third kappa shape index (κ3) is 5.08. The van der Waals surface area contributed by atoms with Gasteiger partial charge in [0.2, 0.25) is 11.8 Å². The molecule has 1 aromatic carbocycles. The second-order valence-electron chi connectivity index (χ2n) is 10.5. The van der Waals surface area contributed by atoms with E-state index in [2.05, 4.69) is 21.2 Å². The Morgan fingerprint density at radius 3 is 2.47 bits per heavy atom. The molecule has 1 aromatic rings. The van der Waals surface area contributed by atoms with Crippen LogP contribution in [0.4, 0.5) is 16.2 Å². The lowest BCUT2D eigenvalue weighted by atomic mass is 10.00. The molecule has 0 aliphatic carbocycles. The van der Waals surface area contributed by atoms with Crippen LogP contribution in [-0.4, -0.2) is 73.3 Å². The lowest BCUT2D eigenvalue weighted by Crippen LogP contribution is -2.56. The second-order valence-corrected chi connectivity index (χ2v) is 10.5. The number of nitrogens with zero attached hydrogens (tertiary/aromatic N) is 3. The number of rotatable bonds is 3. The Balaban J connectivity index is 1.49. The van der Waals surface area contributed by atoms with Crippen molar-refractivity contribution in [2.45, 2.75) is 77.2 Å². The van der Waals surface area contributed by atoms with E-state index in [1.54, 1.807) is 11.9 Å². The maximum atomic E-state index is 12.6. The minimum atomic E-state index is -0.516. The van der Waals surface area contributed by atoms with E-state index in [-0.39, 0.29) is 36.1 Å². The summed E-state index contributed by atoms with van der Waals surface area (Å²) in [5.41, 5.74) is 1.37.